The number of hydrogen-bond donors (Lipinski definition) is 1. The first-order valence-corrected chi connectivity index (χ1v) is 12.3. The number of benzene rings is 1. The van der Waals surface area contributed by atoms with Gasteiger partial charge in [0.1, 0.15) is 11.7 Å². The van der Waals surface area contributed by atoms with E-state index in [-0.39, 0.29) is 29.5 Å². The van der Waals surface area contributed by atoms with E-state index in [1.54, 1.807) is 26.9 Å². The van der Waals surface area contributed by atoms with Gasteiger partial charge in [0.05, 0.1) is 25.3 Å². The van der Waals surface area contributed by atoms with Gasteiger partial charge < -0.3 is 5.32 Å². The average molecular weight is 492 g/mol. The minimum Gasteiger partial charge on any atom is -0.354 e. The number of thioether (sulfide) groups is 1. The van der Waals surface area contributed by atoms with E-state index in [0.29, 0.717) is 47.1 Å². The molecule has 1 atom stereocenters. The third-order valence-corrected chi connectivity index (χ3v) is 7.18. The van der Waals surface area contributed by atoms with Crippen LogP contribution in [0.5, 0.6) is 0 Å². The molecule has 3 aromatic heterocycles. The molecule has 0 bridgehead atoms. The van der Waals surface area contributed by atoms with Gasteiger partial charge in [0.25, 0.3) is 11.1 Å². The van der Waals surface area contributed by atoms with Crippen LogP contribution in [0.1, 0.15) is 29.2 Å². The van der Waals surface area contributed by atoms with Gasteiger partial charge in [-0.2, -0.15) is 5.10 Å². The van der Waals surface area contributed by atoms with Crippen LogP contribution in [0.25, 0.3) is 11.0 Å². The molecule has 1 aliphatic heterocycles. The second-order valence-electron chi connectivity index (χ2n) is 8.69. The van der Waals surface area contributed by atoms with E-state index in [4.69, 9.17) is 0 Å². The minimum absolute atomic E-state index is 0.0973. The fourth-order valence-corrected chi connectivity index (χ4v) is 5.23. The Hall–Kier alpha value is -3.73. The van der Waals surface area contributed by atoms with E-state index < -0.39 is 0 Å². The number of hydrogen-bond acceptors (Lipinski definition) is 7. The number of aromatic nitrogens is 6. The standard InChI is InChI=1S/C24H25N7O3S/c1-15-3-5-17(6-4-15)12-29-14-27-21-19(23(29)34)11-28-30(21)8-7-25-20(32)9-18-13-35-24-26-10-16(2)22(33)31(18)24/h3-6,10-11,14,18H,7-9,12-13H2,1-2H3,(H,25,32). The van der Waals surface area contributed by atoms with Crippen LogP contribution in [-0.4, -0.2) is 47.1 Å². The van der Waals surface area contributed by atoms with Crippen molar-refractivity contribution in [1.82, 2.24) is 34.2 Å². The zero-order valence-corrected chi connectivity index (χ0v) is 20.3. The third-order valence-electron chi connectivity index (χ3n) is 6.06. The molecule has 0 fully saturated rings. The van der Waals surface area contributed by atoms with Crippen molar-refractivity contribution in [3.05, 3.63) is 80.4 Å². The van der Waals surface area contributed by atoms with Gasteiger partial charge in [-0.25, -0.2) is 14.6 Å². The monoisotopic (exact) mass is 491 g/mol. The summed E-state index contributed by atoms with van der Waals surface area (Å²) in [5.74, 6) is 0.489. The van der Waals surface area contributed by atoms with Gasteiger partial charge in [0.15, 0.2) is 10.8 Å². The summed E-state index contributed by atoms with van der Waals surface area (Å²) >= 11 is 1.49. The Balaban J connectivity index is 1.21. The molecule has 0 spiro atoms. The molecule has 4 heterocycles. The SMILES string of the molecule is Cc1ccc(Cn2cnc3c(cnn3CCNC(=O)CC3CSc4ncc(C)c(=O)n43)c2=O)cc1. The summed E-state index contributed by atoms with van der Waals surface area (Å²) in [6.07, 6.45) is 4.83. The molecular weight excluding hydrogens is 466 g/mol. The summed E-state index contributed by atoms with van der Waals surface area (Å²) < 4.78 is 4.80. The van der Waals surface area contributed by atoms with Crippen molar-refractivity contribution in [3.63, 3.8) is 0 Å². The lowest BCUT2D eigenvalue weighted by molar-refractivity contribution is -0.121. The number of amides is 1. The summed E-state index contributed by atoms with van der Waals surface area (Å²) in [7, 11) is 0. The topological polar surface area (TPSA) is 117 Å². The van der Waals surface area contributed by atoms with E-state index in [9.17, 15) is 14.4 Å². The van der Waals surface area contributed by atoms with E-state index >= 15 is 0 Å². The number of nitrogens with one attached hydrogen (secondary N) is 1. The maximum Gasteiger partial charge on any atom is 0.264 e. The molecule has 0 radical (unpaired) electrons. The molecule has 0 saturated carbocycles. The molecule has 0 saturated heterocycles. The van der Waals surface area contributed by atoms with E-state index in [1.807, 2.05) is 31.2 Å². The van der Waals surface area contributed by atoms with E-state index in [0.717, 1.165) is 11.1 Å². The number of fused-ring (bicyclic) bond motifs is 2. The number of carbonyl (C=O) groups excluding carboxylic acids is 1. The molecule has 1 unspecified atom stereocenters. The molecule has 5 rings (SSSR count). The predicted molar refractivity (Wildman–Crippen MR) is 133 cm³/mol. The highest BCUT2D eigenvalue weighted by molar-refractivity contribution is 7.99. The van der Waals surface area contributed by atoms with Crippen LogP contribution < -0.4 is 16.4 Å². The Morgan fingerprint density at radius 3 is 2.71 bits per heavy atom. The van der Waals surface area contributed by atoms with Crippen molar-refractivity contribution in [2.75, 3.05) is 12.3 Å². The molecule has 10 nitrogen and oxygen atoms in total. The van der Waals surface area contributed by atoms with E-state index in [2.05, 4.69) is 20.4 Å². The number of rotatable bonds is 7. The average Bonchev–Trinajstić information content (AvgIpc) is 3.44. The Labute approximate surface area is 205 Å². The Bertz CT molecular complexity index is 1520. The van der Waals surface area contributed by atoms with Crippen LogP contribution in [0.4, 0.5) is 0 Å². The highest BCUT2D eigenvalue weighted by atomic mass is 32.2. The zero-order chi connectivity index (χ0) is 24.5. The molecule has 0 aliphatic carbocycles. The first-order chi connectivity index (χ1) is 16.9. The van der Waals surface area contributed by atoms with E-state index in [1.165, 1.54) is 24.3 Å². The summed E-state index contributed by atoms with van der Waals surface area (Å²) in [4.78, 5) is 46.6. The summed E-state index contributed by atoms with van der Waals surface area (Å²) in [6, 6.07) is 7.80. The molecule has 4 aromatic rings. The predicted octanol–water partition coefficient (Wildman–Crippen LogP) is 1.67. The fraction of sp³-hybridized carbons (Fsp3) is 0.333. The Morgan fingerprint density at radius 2 is 1.91 bits per heavy atom. The molecule has 1 aromatic carbocycles. The quantitative estimate of drug-likeness (QED) is 0.391. The number of nitrogens with zero attached hydrogens (tertiary/aromatic N) is 6. The van der Waals surface area contributed by atoms with Crippen LogP contribution in [0.3, 0.4) is 0 Å². The highest BCUT2D eigenvalue weighted by Crippen LogP contribution is 2.31. The minimum atomic E-state index is -0.214. The van der Waals surface area contributed by atoms with Gasteiger partial charge in [-0.15, -0.1) is 0 Å². The summed E-state index contributed by atoms with van der Waals surface area (Å²) in [5, 5.41) is 8.28. The molecule has 1 N–H and O–H groups in total. The van der Waals surface area contributed by atoms with Crippen LogP contribution in [0.2, 0.25) is 0 Å². The fourth-order valence-electron chi connectivity index (χ4n) is 4.12. The first kappa shape index (κ1) is 23.0. The van der Waals surface area contributed by atoms with Crippen LogP contribution in [-0.2, 0) is 17.9 Å². The van der Waals surface area contributed by atoms with Crippen LogP contribution in [0, 0.1) is 13.8 Å². The Kier molecular flexibility index (Phi) is 6.25. The maximum absolute atomic E-state index is 12.9. The van der Waals surface area contributed by atoms with Gasteiger partial charge in [-0.05, 0) is 19.4 Å². The lowest BCUT2D eigenvalue weighted by Crippen LogP contribution is -2.33. The Morgan fingerprint density at radius 1 is 1.11 bits per heavy atom. The van der Waals surface area contributed by atoms with Crippen molar-refractivity contribution in [2.24, 2.45) is 0 Å². The normalized spacial score (nSPS) is 14.9. The summed E-state index contributed by atoms with van der Waals surface area (Å²) in [6.45, 7) is 4.89. The second kappa shape index (κ2) is 9.49. The van der Waals surface area contributed by atoms with Crippen molar-refractivity contribution in [3.8, 4) is 0 Å². The van der Waals surface area contributed by atoms with Crippen molar-refractivity contribution in [1.29, 1.82) is 0 Å². The van der Waals surface area contributed by atoms with Crippen molar-refractivity contribution >= 4 is 28.7 Å². The molecule has 11 heteroatoms. The van der Waals surface area contributed by atoms with Gasteiger partial charge in [0, 0.05) is 30.5 Å². The second-order valence-corrected chi connectivity index (χ2v) is 9.67. The number of aryl methyl sites for hydroxylation is 2. The van der Waals surface area contributed by atoms with Crippen LogP contribution >= 0.6 is 11.8 Å². The summed E-state index contributed by atoms with van der Waals surface area (Å²) in [5.41, 5.74) is 2.98. The van der Waals surface area contributed by atoms with Gasteiger partial charge in [-0.1, -0.05) is 41.6 Å². The molecule has 1 aliphatic rings. The molecular formula is C24H25N7O3S. The lowest BCUT2D eigenvalue weighted by atomic mass is 10.1. The van der Waals surface area contributed by atoms with Gasteiger partial charge in [-0.3, -0.25) is 23.5 Å². The third kappa shape index (κ3) is 4.63. The largest absolute Gasteiger partial charge is 0.354 e. The molecule has 180 valence electrons. The van der Waals surface area contributed by atoms with Gasteiger partial charge >= 0.3 is 0 Å². The van der Waals surface area contributed by atoms with Crippen LogP contribution in [0.15, 0.2) is 57.7 Å². The highest BCUT2D eigenvalue weighted by Gasteiger charge is 2.27. The van der Waals surface area contributed by atoms with Gasteiger partial charge in [0.2, 0.25) is 5.91 Å². The maximum atomic E-state index is 12.9. The van der Waals surface area contributed by atoms with Crippen molar-refractivity contribution < 1.29 is 4.79 Å². The molecule has 1 amide bonds. The first-order valence-electron chi connectivity index (χ1n) is 11.3. The molecule has 35 heavy (non-hydrogen) atoms. The smallest absolute Gasteiger partial charge is 0.264 e. The van der Waals surface area contributed by atoms with Crippen molar-refractivity contribution in [2.45, 2.75) is 44.6 Å². The zero-order valence-electron chi connectivity index (χ0n) is 19.5. The number of carbonyl (C=O) groups is 1. The lowest BCUT2D eigenvalue weighted by Gasteiger charge is -2.13.